The van der Waals surface area contributed by atoms with E-state index in [0.717, 1.165) is 11.5 Å². The molecule has 0 saturated heterocycles. The summed E-state index contributed by atoms with van der Waals surface area (Å²) in [7, 11) is 1.69. The summed E-state index contributed by atoms with van der Waals surface area (Å²) < 4.78 is 5.04. The van der Waals surface area contributed by atoms with Gasteiger partial charge in [-0.05, 0) is 44.0 Å². The molecular formula is C11H24N2OS2. The number of hydrogen-bond acceptors (Lipinski definition) is 3. The monoisotopic (exact) mass is 264 g/mol. The maximum absolute atomic E-state index is 5.21. The second kappa shape index (κ2) is 10.2. The van der Waals surface area contributed by atoms with Crippen LogP contribution in [0, 0.1) is 0 Å². The summed E-state index contributed by atoms with van der Waals surface area (Å²) in [6, 6.07) is 0.677. The van der Waals surface area contributed by atoms with Crippen molar-refractivity contribution in [2.45, 2.75) is 39.3 Å². The maximum Gasteiger partial charge on any atom is 0.166 e. The topological polar surface area (TPSA) is 33.3 Å². The molecular weight excluding hydrogens is 240 g/mol. The van der Waals surface area contributed by atoms with Gasteiger partial charge >= 0.3 is 0 Å². The van der Waals surface area contributed by atoms with Crippen molar-refractivity contribution in [3.8, 4) is 0 Å². The fraction of sp³-hybridized carbons (Fsp3) is 0.909. The van der Waals surface area contributed by atoms with E-state index < -0.39 is 0 Å². The Labute approximate surface area is 109 Å². The first-order valence-electron chi connectivity index (χ1n) is 5.73. The van der Waals surface area contributed by atoms with Gasteiger partial charge in [0, 0.05) is 19.2 Å². The van der Waals surface area contributed by atoms with Crippen molar-refractivity contribution in [3.05, 3.63) is 0 Å². The smallest absolute Gasteiger partial charge is 0.166 e. The van der Waals surface area contributed by atoms with Crippen LogP contribution in [0.5, 0.6) is 0 Å². The van der Waals surface area contributed by atoms with Gasteiger partial charge in [-0.2, -0.15) is 11.8 Å². The number of rotatable bonds is 8. The molecule has 0 aliphatic heterocycles. The molecule has 0 rings (SSSR count). The molecule has 0 aromatic heterocycles. The first kappa shape index (κ1) is 16.0. The minimum absolute atomic E-state index is 0.252. The number of nitrogens with one attached hydrogen (secondary N) is 2. The van der Waals surface area contributed by atoms with Crippen LogP contribution in [0.3, 0.4) is 0 Å². The molecule has 2 N–H and O–H groups in total. The molecule has 0 aliphatic rings. The minimum Gasteiger partial charge on any atom is -0.383 e. The van der Waals surface area contributed by atoms with Crippen LogP contribution in [0.25, 0.3) is 0 Å². The van der Waals surface area contributed by atoms with Crippen molar-refractivity contribution < 1.29 is 4.74 Å². The van der Waals surface area contributed by atoms with Crippen LogP contribution in [-0.4, -0.2) is 42.4 Å². The van der Waals surface area contributed by atoms with Crippen LogP contribution in [0.15, 0.2) is 0 Å². The van der Waals surface area contributed by atoms with Crippen molar-refractivity contribution in [2.75, 3.05) is 25.2 Å². The van der Waals surface area contributed by atoms with E-state index >= 15 is 0 Å². The van der Waals surface area contributed by atoms with E-state index in [1.165, 1.54) is 11.5 Å². The van der Waals surface area contributed by atoms with Gasteiger partial charge in [0.25, 0.3) is 0 Å². The van der Waals surface area contributed by atoms with Crippen LogP contribution in [0.1, 0.15) is 27.2 Å². The Bertz CT molecular complexity index is 191. The predicted molar refractivity (Wildman–Crippen MR) is 77.3 cm³/mol. The molecule has 0 amide bonds. The number of methoxy groups -OCH3 is 1. The first-order chi connectivity index (χ1) is 7.60. The summed E-state index contributed by atoms with van der Waals surface area (Å²) in [6.45, 7) is 7.06. The Balaban J connectivity index is 3.61. The van der Waals surface area contributed by atoms with Crippen molar-refractivity contribution in [1.29, 1.82) is 0 Å². The summed E-state index contributed by atoms with van der Waals surface area (Å²) in [6.07, 6.45) is 1.14. The summed E-state index contributed by atoms with van der Waals surface area (Å²) in [5, 5.41) is 7.19. The summed E-state index contributed by atoms with van der Waals surface area (Å²) in [5.74, 6) is 2.36. The van der Waals surface area contributed by atoms with E-state index in [2.05, 4.69) is 31.4 Å². The van der Waals surface area contributed by atoms with Gasteiger partial charge in [0.05, 0.1) is 6.61 Å². The first-order valence-corrected chi connectivity index (χ1v) is 7.30. The lowest BCUT2D eigenvalue weighted by molar-refractivity contribution is 0.179. The van der Waals surface area contributed by atoms with Crippen molar-refractivity contribution in [1.82, 2.24) is 10.6 Å². The highest BCUT2D eigenvalue weighted by Gasteiger charge is 2.06. The molecule has 5 heteroatoms. The maximum atomic E-state index is 5.21. The van der Waals surface area contributed by atoms with Gasteiger partial charge in [-0.25, -0.2) is 0 Å². The Morgan fingerprint density at radius 2 is 1.94 bits per heavy atom. The normalized spacial score (nSPS) is 14.2. The summed E-state index contributed by atoms with van der Waals surface area (Å²) in [5.41, 5.74) is 0. The molecule has 16 heavy (non-hydrogen) atoms. The molecule has 0 aliphatic carbocycles. The molecule has 0 aromatic rings. The van der Waals surface area contributed by atoms with Gasteiger partial charge in [0.1, 0.15) is 0 Å². The van der Waals surface area contributed by atoms with Crippen molar-refractivity contribution in [3.63, 3.8) is 0 Å². The molecule has 0 saturated carbocycles. The zero-order chi connectivity index (χ0) is 12.4. The van der Waals surface area contributed by atoms with Crippen LogP contribution in [0.4, 0.5) is 0 Å². The summed E-state index contributed by atoms with van der Waals surface area (Å²) in [4.78, 5) is 0. The van der Waals surface area contributed by atoms with E-state index in [0.29, 0.717) is 12.6 Å². The molecule has 0 bridgehead atoms. The van der Waals surface area contributed by atoms with E-state index in [1.54, 1.807) is 7.11 Å². The lowest BCUT2D eigenvalue weighted by Gasteiger charge is -2.20. The summed E-state index contributed by atoms with van der Waals surface area (Å²) >= 11 is 7.18. The lowest BCUT2D eigenvalue weighted by atomic mass is 10.3. The average Bonchev–Trinajstić information content (AvgIpc) is 2.17. The number of ether oxygens (including phenoxy) is 1. The standard InChI is InChI=1S/C11H24N2OS2/c1-5-16-7-6-9(2)12-11(15)13-10(3)8-14-4/h9-10H,5-8H2,1-4H3,(H2,12,13,15). The van der Waals surface area contributed by atoms with Gasteiger partial charge in [-0.3, -0.25) is 0 Å². The highest BCUT2D eigenvalue weighted by molar-refractivity contribution is 7.99. The second-order valence-corrected chi connectivity index (χ2v) is 5.66. The number of hydrogen-bond donors (Lipinski definition) is 2. The van der Waals surface area contributed by atoms with Crippen molar-refractivity contribution >= 4 is 29.1 Å². The van der Waals surface area contributed by atoms with Crippen molar-refractivity contribution in [2.24, 2.45) is 0 Å². The molecule has 2 atom stereocenters. The van der Waals surface area contributed by atoms with Gasteiger partial charge in [0.15, 0.2) is 5.11 Å². The number of thioether (sulfide) groups is 1. The molecule has 0 aromatic carbocycles. The van der Waals surface area contributed by atoms with Gasteiger partial charge in [-0.1, -0.05) is 6.92 Å². The molecule has 0 fully saturated rings. The third kappa shape index (κ3) is 9.24. The molecule has 0 spiro atoms. The highest BCUT2D eigenvalue weighted by atomic mass is 32.2. The van der Waals surface area contributed by atoms with Gasteiger partial charge in [-0.15, -0.1) is 0 Å². The molecule has 0 heterocycles. The molecule has 96 valence electrons. The van der Waals surface area contributed by atoms with E-state index in [-0.39, 0.29) is 6.04 Å². The fourth-order valence-electron chi connectivity index (χ4n) is 1.26. The van der Waals surface area contributed by atoms with Crippen LogP contribution >= 0.6 is 24.0 Å². The number of thiocarbonyl (C=S) groups is 1. The minimum atomic E-state index is 0.252. The Hall–Kier alpha value is -0.0000000000000000486. The Morgan fingerprint density at radius 1 is 1.31 bits per heavy atom. The van der Waals surface area contributed by atoms with Crippen LogP contribution in [0.2, 0.25) is 0 Å². The molecule has 2 unspecified atom stereocenters. The third-order valence-corrected chi connectivity index (χ3v) is 3.24. The predicted octanol–water partition coefficient (Wildman–Crippen LogP) is 2.02. The van der Waals surface area contributed by atoms with Gasteiger partial charge in [0.2, 0.25) is 0 Å². The van der Waals surface area contributed by atoms with Crippen LogP contribution in [-0.2, 0) is 4.74 Å². The molecule has 3 nitrogen and oxygen atoms in total. The SMILES string of the molecule is CCSCCC(C)NC(=S)NC(C)COC. The highest BCUT2D eigenvalue weighted by Crippen LogP contribution is 2.03. The fourth-order valence-corrected chi connectivity index (χ4v) is 2.47. The molecule has 0 radical (unpaired) electrons. The van der Waals surface area contributed by atoms with Gasteiger partial charge < -0.3 is 15.4 Å². The zero-order valence-corrected chi connectivity index (χ0v) is 12.3. The largest absolute Gasteiger partial charge is 0.383 e. The zero-order valence-electron chi connectivity index (χ0n) is 10.7. The Kier molecular flexibility index (Phi) is 10.2. The van der Waals surface area contributed by atoms with E-state index in [9.17, 15) is 0 Å². The third-order valence-electron chi connectivity index (χ3n) is 2.07. The quantitative estimate of drug-likeness (QED) is 0.518. The van der Waals surface area contributed by atoms with E-state index in [1.807, 2.05) is 11.8 Å². The lowest BCUT2D eigenvalue weighted by Crippen LogP contribution is -2.45. The average molecular weight is 264 g/mol. The Morgan fingerprint density at radius 3 is 2.50 bits per heavy atom. The van der Waals surface area contributed by atoms with Crippen LogP contribution < -0.4 is 10.6 Å². The van der Waals surface area contributed by atoms with E-state index in [4.69, 9.17) is 17.0 Å². The second-order valence-electron chi connectivity index (χ2n) is 3.86.